The number of carbonyl (C=O) groups excluding carboxylic acids is 1. The molecule has 7 nitrogen and oxygen atoms in total. The summed E-state index contributed by atoms with van der Waals surface area (Å²) in [5, 5.41) is 11.5. The van der Waals surface area contributed by atoms with Crippen LogP contribution in [0.4, 0.5) is 4.79 Å². The van der Waals surface area contributed by atoms with Crippen molar-refractivity contribution in [2.75, 3.05) is 40.5 Å². The first-order valence-electron chi connectivity index (χ1n) is 6.25. The summed E-state index contributed by atoms with van der Waals surface area (Å²) in [7, 11) is 3.16. The van der Waals surface area contributed by atoms with Gasteiger partial charge < -0.3 is 24.8 Å². The van der Waals surface area contributed by atoms with E-state index in [-0.39, 0.29) is 12.6 Å². The van der Waals surface area contributed by atoms with Crippen LogP contribution in [-0.4, -0.2) is 68.1 Å². The van der Waals surface area contributed by atoms with Gasteiger partial charge in [0.05, 0.1) is 19.1 Å². The van der Waals surface area contributed by atoms with Crippen LogP contribution in [0.3, 0.4) is 0 Å². The predicted octanol–water partition coefficient (Wildman–Crippen LogP) is 0.154. The lowest BCUT2D eigenvalue weighted by atomic mass is 10.0. The first kappa shape index (κ1) is 15.7. The maximum absolute atomic E-state index is 11.8. The normalized spacial score (nSPS) is 23.9. The summed E-state index contributed by atoms with van der Waals surface area (Å²) >= 11 is 0. The number of nitrogens with one attached hydrogen (secondary N) is 1. The van der Waals surface area contributed by atoms with Crippen molar-refractivity contribution in [3.05, 3.63) is 0 Å². The third-order valence-corrected chi connectivity index (χ3v) is 3.38. The molecule has 1 heterocycles. The Bertz CT molecular complexity index is 328. The molecule has 1 aliphatic heterocycles. The van der Waals surface area contributed by atoms with Gasteiger partial charge in [-0.3, -0.25) is 4.79 Å². The molecule has 0 aromatic heterocycles. The van der Waals surface area contributed by atoms with E-state index in [2.05, 4.69) is 5.32 Å². The van der Waals surface area contributed by atoms with E-state index in [0.29, 0.717) is 19.8 Å². The van der Waals surface area contributed by atoms with Gasteiger partial charge in [-0.25, -0.2) is 4.79 Å². The lowest BCUT2D eigenvalue weighted by Crippen LogP contribution is -2.49. The van der Waals surface area contributed by atoms with Crippen LogP contribution in [0.15, 0.2) is 0 Å². The van der Waals surface area contributed by atoms with Crippen LogP contribution >= 0.6 is 0 Å². The lowest BCUT2D eigenvalue weighted by Gasteiger charge is -2.28. The minimum atomic E-state index is -0.919. The van der Waals surface area contributed by atoms with Crippen LogP contribution in [0.2, 0.25) is 0 Å². The Morgan fingerprint density at radius 3 is 2.74 bits per heavy atom. The zero-order valence-corrected chi connectivity index (χ0v) is 11.6. The molecule has 0 aromatic rings. The Kier molecular flexibility index (Phi) is 5.56. The Balaban J connectivity index is 2.39. The molecule has 2 amide bonds. The van der Waals surface area contributed by atoms with E-state index < -0.39 is 17.5 Å². The molecule has 7 heteroatoms. The summed E-state index contributed by atoms with van der Waals surface area (Å²) in [6.07, 6.45) is 0.735. The average molecular weight is 274 g/mol. The smallest absolute Gasteiger partial charge is 0.317 e. The molecule has 0 spiro atoms. The molecule has 1 fully saturated rings. The maximum Gasteiger partial charge on any atom is 0.317 e. The van der Waals surface area contributed by atoms with E-state index >= 15 is 0 Å². The summed E-state index contributed by atoms with van der Waals surface area (Å²) in [4.78, 5) is 23.9. The third kappa shape index (κ3) is 4.36. The standard InChI is InChI=1S/C12H22N2O5/c1-9(10(15)16)6-14(2)11(17)13-7-12(18-3)4-5-19-8-12/h9H,4-8H2,1-3H3,(H,13,17)(H,15,16). The van der Waals surface area contributed by atoms with Crippen molar-refractivity contribution in [2.24, 2.45) is 5.92 Å². The fourth-order valence-electron chi connectivity index (χ4n) is 1.90. The molecule has 110 valence electrons. The Labute approximate surface area is 112 Å². The first-order chi connectivity index (χ1) is 8.90. The highest BCUT2D eigenvalue weighted by Crippen LogP contribution is 2.21. The van der Waals surface area contributed by atoms with Crippen LogP contribution in [0.5, 0.6) is 0 Å². The Morgan fingerprint density at radius 2 is 2.26 bits per heavy atom. The quantitative estimate of drug-likeness (QED) is 0.720. The van der Waals surface area contributed by atoms with E-state index in [0.717, 1.165) is 6.42 Å². The number of amides is 2. The zero-order valence-electron chi connectivity index (χ0n) is 11.6. The molecule has 1 rings (SSSR count). The number of carboxylic acid groups (broad SMARTS) is 1. The Hall–Kier alpha value is -1.34. The fourth-order valence-corrected chi connectivity index (χ4v) is 1.90. The number of rotatable bonds is 6. The van der Waals surface area contributed by atoms with Gasteiger partial charge >= 0.3 is 12.0 Å². The van der Waals surface area contributed by atoms with Gasteiger partial charge in [0.2, 0.25) is 0 Å². The zero-order chi connectivity index (χ0) is 14.5. The van der Waals surface area contributed by atoms with E-state index in [1.165, 1.54) is 4.90 Å². The van der Waals surface area contributed by atoms with Crippen molar-refractivity contribution in [1.82, 2.24) is 10.2 Å². The molecule has 2 N–H and O–H groups in total. The number of hydrogen-bond donors (Lipinski definition) is 2. The fraction of sp³-hybridized carbons (Fsp3) is 0.833. The molecule has 0 aromatic carbocycles. The second-order valence-corrected chi connectivity index (χ2v) is 4.97. The molecule has 0 aliphatic carbocycles. The molecular weight excluding hydrogens is 252 g/mol. The topological polar surface area (TPSA) is 88.1 Å². The molecule has 2 unspecified atom stereocenters. The van der Waals surface area contributed by atoms with Crippen molar-refractivity contribution >= 4 is 12.0 Å². The summed E-state index contributed by atoms with van der Waals surface area (Å²) in [6.45, 7) is 3.16. The van der Waals surface area contributed by atoms with Gasteiger partial charge in [0.15, 0.2) is 0 Å². The monoisotopic (exact) mass is 274 g/mol. The molecular formula is C12H22N2O5. The third-order valence-electron chi connectivity index (χ3n) is 3.38. The van der Waals surface area contributed by atoms with Crippen molar-refractivity contribution in [3.8, 4) is 0 Å². The Morgan fingerprint density at radius 1 is 1.58 bits per heavy atom. The number of carboxylic acids is 1. The number of carbonyl (C=O) groups is 2. The van der Waals surface area contributed by atoms with Gasteiger partial charge in [0, 0.05) is 33.7 Å². The second kappa shape index (κ2) is 6.72. The molecule has 19 heavy (non-hydrogen) atoms. The largest absolute Gasteiger partial charge is 0.481 e. The highest BCUT2D eigenvalue weighted by molar-refractivity contribution is 5.75. The molecule has 0 bridgehead atoms. The lowest BCUT2D eigenvalue weighted by molar-refractivity contribution is -0.141. The van der Waals surface area contributed by atoms with Crippen LogP contribution < -0.4 is 5.32 Å². The molecule has 0 saturated carbocycles. The number of methoxy groups -OCH3 is 1. The van der Waals surface area contributed by atoms with Crippen molar-refractivity contribution < 1.29 is 24.2 Å². The number of nitrogens with zero attached hydrogens (tertiary/aromatic N) is 1. The minimum Gasteiger partial charge on any atom is -0.481 e. The minimum absolute atomic E-state index is 0.164. The number of urea groups is 1. The van der Waals surface area contributed by atoms with Gasteiger partial charge in [-0.05, 0) is 0 Å². The van der Waals surface area contributed by atoms with Gasteiger partial charge in [-0.1, -0.05) is 6.92 Å². The maximum atomic E-state index is 11.8. The van der Waals surface area contributed by atoms with Gasteiger partial charge in [-0.2, -0.15) is 0 Å². The summed E-state index contributed by atoms with van der Waals surface area (Å²) < 4.78 is 10.7. The van der Waals surface area contributed by atoms with E-state index in [1.54, 1.807) is 21.1 Å². The SMILES string of the molecule is COC1(CNC(=O)N(C)CC(C)C(=O)O)CCOC1. The average Bonchev–Trinajstić information content (AvgIpc) is 2.85. The number of aliphatic carboxylic acids is 1. The number of hydrogen-bond acceptors (Lipinski definition) is 4. The van der Waals surface area contributed by atoms with Crippen molar-refractivity contribution in [2.45, 2.75) is 18.9 Å². The molecule has 1 aliphatic rings. The van der Waals surface area contributed by atoms with Crippen LogP contribution in [-0.2, 0) is 14.3 Å². The van der Waals surface area contributed by atoms with Gasteiger partial charge in [0.25, 0.3) is 0 Å². The van der Waals surface area contributed by atoms with Crippen LogP contribution in [0.25, 0.3) is 0 Å². The first-order valence-corrected chi connectivity index (χ1v) is 6.25. The van der Waals surface area contributed by atoms with Gasteiger partial charge in [-0.15, -0.1) is 0 Å². The predicted molar refractivity (Wildman–Crippen MR) is 68.0 cm³/mol. The van der Waals surface area contributed by atoms with Gasteiger partial charge in [0.1, 0.15) is 5.60 Å². The van der Waals surface area contributed by atoms with Crippen molar-refractivity contribution in [1.29, 1.82) is 0 Å². The van der Waals surface area contributed by atoms with E-state index in [4.69, 9.17) is 14.6 Å². The summed E-state index contributed by atoms with van der Waals surface area (Å²) in [5.74, 6) is -1.51. The highest BCUT2D eigenvalue weighted by atomic mass is 16.5. The molecule has 2 atom stereocenters. The highest BCUT2D eigenvalue weighted by Gasteiger charge is 2.35. The van der Waals surface area contributed by atoms with Crippen LogP contribution in [0, 0.1) is 5.92 Å². The molecule has 1 saturated heterocycles. The molecule has 0 radical (unpaired) electrons. The summed E-state index contributed by atoms with van der Waals surface area (Å²) in [6, 6.07) is -0.309. The second-order valence-electron chi connectivity index (χ2n) is 4.97. The summed E-state index contributed by atoms with van der Waals surface area (Å²) in [5.41, 5.74) is -0.463. The van der Waals surface area contributed by atoms with E-state index in [9.17, 15) is 9.59 Å². The van der Waals surface area contributed by atoms with Crippen molar-refractivity contribution in [3.63, 3.8) is 0 Å². The number of ether oxygens (including phenoxy) is 2. The van der Waals surface area contributed by atoms with Crippen LogP contribution in [0.1, 0.15) is 13.3 Å². The van der Waals surface area contributed by atoms with E-state index in [1.807, 2.05) is 0 Å².